The molecule has 0 fully saturated rings. The molecule has 6 heteroatoms. The first-order valence-electron chi connectivity index (χ1n) is 6.79. The molecule has 0 bridgehead atoms. The Labute approximate surface area is 141 Å². The minimum Gasteiger partial charge on any atom is -0.352 e. The van der Waals surface area contributed by atoms with Gasteiger partial charge in [-0.15, -0.1) is 0 Å². The molecule has 22 heavy (non-hydrogen) atoms. The van der Waals surface area contributed by atoms with E-state index in [4.69, 9.17) is 11.6 Å². The van der Waals surface area contributed by atoms with Crippen LogP contribution in [0.2, 0.25) is 5.02 Å². The zero-order chi connectivity index (χ0) is 15.5. The van der Waals surface area contributed by atoms with Crippen LogP contribution in [0.5, 0.6) is 0 Å². The van der Waals surface area contributed by atoms with Crippen molar-refractivity contribution < 1.29 is 4.79 Å². The van der Waals surface area contributed by atoms with Crippen molar-refractivity contribution in [1.82, 2.24) is 14.7 Å². The molecule has 0 unspecified atom stereocenters. The minimum absolute atomic E-state index is 0.188. The van der Waals surface area contributed by atoms with Crippen molar-refractivity contribution >= 4 is 39.0 Å². The maximum atomic E-state index is 12.2. The van der Waals surface area contributed by atoms with Gasteiger partial charge in [-0.05, 0) is 30.3 Å². The predicted molar refractivity (Wildman–Crippen MR) is 90.4 cm³/mol. The van der Waals surface area contributed by atoms with Crippen molar-refractivity contribution in [2.75, 3.05) is 6.54 Å². The fourth-order valence-electron chi connectivity index (χ4n) is 2.24. The summed E-state index contributed by atoms with van der Waals surface area (Å²) in [4.78, 5) is 16.5. The Balaban J connectivity index is 1.65. The van der Waals surface area contributed by atoms with E-state index in [1.165, 1.54) is 0 Å². The third-order valence-corrected chi connectivity index (χ3v) is 4.15. The fraction of sp³-hybridized carbons (Fsp3) is 0.125. The van der Waals surface area contributed by atoms with Crippen LogP contribution in [0.1, 0.15) is 16.2 Å². The van der Waals surface area contributed by atoms with Gasteiger partial charge in [-0.2, -0.15) is 0 Å². The van der Waals surface area contributed by atoms with Crippen LogP contribution in [-0.2, 0) is 6.42 Å². The maximum Gasteiger partial charge on any atom is 0.252 e. The van der Waals surface area contributed by atoms with Crippen molar-refractivity contribution in [3.63, 3.8) is 0 Å². The second-order valence-electron chi connectivity index (χ2n) is 4.80. The average molecular weight is 379 g/mol. The summed E-state index contributed by atoms with van der Waals surface area (Å²) in [5, 5.41) is 3.31. The van der Waals surface area contributed by atoms with Crippen molar-refractivity contribution in [2.24, 2.45) is 0 Å². The summed E-state index contributed by atoms with van der Waals surface area (Å²) in [5.41, 5.74) is 1.50. The van der Waals surface area contributed by atoms with Gasteiger partial charge in [0, 0.05) is 23.6 Å². The molecule has 1 aromatic carbocycles. The Hall–Kier alpha value is -1.85. The second kappa shape index (κ2) is 6.50. The molecule has 3 rings (SSSR count). The molecule has 4 nitrogen and oxygen atoms in total. The third kappa shape index (κ3) is 3.15. The van der Waals surface area contributed by atoms with Gasteiger partial charge in [0.1, 0.15) is 5.82 Å². The van der Waals surface area contributed by atoms with E-state index in [9.17, 15) is 4.79 Å². The zero-order valence-corrected chi connectivity index (χ0v) is 13.9. The highest BCUT2D eigenvalue weighted by molar-refractivity contribution is 9.10. The molecule has 3 aromatic rings. The van der Waals surface area contributed by atoms with Crippen LogP contribution < -0.4 is 5.32 Å². The number of hydrogen-bond donors (Lipinski definition) is 1. The quantitative estimate of drug-likeness (QED) is 0.752. The molecule has 0 aliphatic heterocycles. The van der Waals surface area contributed by atoms with Crippen molar-refractivity contribution in [1.29, 1.82) is 0 Å². The Morgan fingerprint density at radius 3 is 3.05 bits per heavy atom. The standard InChI is InChI=1S/C16H13BrClN3O/c17-11-4-5-14(18)13(9-11)16(22)19-7-6-15-20-10-12-3-1-2-8-21(12)15/h1-5,8-10H,6-7H2,(H,19,22). The molecule has 0 radical (unpaired) electrons. The Morgan fingerprint density at radius 2 is 2.18 bits per heavy atom. The van der Waals surface area contributed by atoms with E-state index in [2.05, 4.69) is 26.2 Å². The minimum atomic E-state index is -0.188. The molecular formula is C16H13BrClN3O. The zero-order valence-electron chi connectivity index (χ0n) is 11.6. The highest BCUT2D eigenvalue weighted by atomic mass is 79.9. The van der Waals surface area contributed by atoms with E-state index in [-0.39, 0.29) is 5.91 Å². The molecule has 1 N–H and O–H groups in total. The lowest BCUT2D eigenvalue weighted by atomic mass is 10.2. The number of carbonyl (C=O) groups is 1. The smallest absolute Gasteiger partial charge is 0.252 e. The van der Waals surface area contributed by atoms with E-state index in [1.807, 2.05) is 35.0 Å². The number of benzene rings is 1. The Kier molecular flexibility index (Phi) is 4.45. The molecular weight excluding hydrogens is 366 g/mol. The van der Waals surface area contributed by atoms with Crippen molar-refractivity contribution in [2.45, 2.75) is 6.42 Å². The lowest BCUT2D eigenvalue weighted by molar-refractivity contribution is 0.0954. The van der Waals surface area contributed by atoms with Gasteiger partial charge in [-0.3, -0.25) is 4.79 Å². The largest absolute Gasteiger partial charge is 0.352 e. The number of carbonyl (C=O) groups excluding carboxylic acids is 1. The summed E-state index contributed by atoms with van der Waals surface area (Å²) >= 11 is 9.39. The molecule has 0 saturated heterocycles. The first-order chi connectivity index (χ1) is 10.6. The van der Waals surface area contributed by atoms with Crippen molar-refractivity contribution in [3.05, 3.63) is 69.7 Å². The second-order valence-corrected chi connectivity index (χ2v) is 6.12. The summed E-state index contributed by atoms with van der Waals surface area (Å²) in [6, 6.07) is 11.1. The Bertz CT molecular complexity index is 831. The molecule has 0 aliphatic rings. The number of amides is 1. The van der Waals surface area contributed by atoms with Gasteiger partial charge in [-0.1, -0.05) is 33.6 Å². The molecule has 0 atom stereocenters. The van der Waals surface area contributed by atoms with Crippen LogP contribution in [0.25, 0.3) is 5.52 Å². The SMILES string of the molecule is O=C(NCCc1ncc2ccccn12)c1cc(Br)ccc1Cl. The average Bonchev–Trinajstić information content (AvgIpc) is 2.93. The number of rotatable bonds is 4. The van der Waals surface area contributed by atoms with Crippen LogP contribution in [-0.4, -0.2) is 21.8 Å². The van der Waals surface area contributed by atoms with Crippen LogP contribution in [0, 0.1) is 0 Å². The van der Waals surface area contributed by atoms with E-state index in [0.717, 1.165) is 15.8 Å². The summed E-state index contributed by atoms with van der Waals surface area (Å²) < 4.78 is 2.83. The lowest BCUT2D eigenvalue weighted by Crippen LogP contribution is -2.26. The van der Waals surface area contributed by atoms with Crippen LogP contribution >= 0.6 is 27.5 Å². The van der Waals surface area contributed by atoms with E-state index >= 15 is 0 Å². The van der Waals surface area contributed by atoms with Gasteiger partial charge in [0.05, 0.1) is 22.3 Å². The molecule has 0 aliphatic carbocycles. The number of halogens is 2. The summed E-state index contributed by atoms with van der Waals surface area (Å²) in [7, 11) is 0. The first kappa shape index (κ1) is 15.1. The monoisotopic (exact) mass is 377 g/mol. The number of nitrogens with zero attached hydrogens (tertiary/aromatic N) is 2. The van der Waals surface area contributed by atoms with Crippen LogP contribution in [0.3, 0.4) is 0 Å². The van der Waals surface area contributed by atoms with Gasteiger partial charge in [0.15, 0.2) is 0 Å². The molecule has 0 spiro atoms. The predicted octanol–water partition coefficient (Wildman–Crippen LogP) is 3.72. The summed E-state index contributed by atoms with van der Waals surface area (Å²) in [5.74, 6) is 0.725. The normalized spacial score (nSPS) is 10.8. The van der Waals surface area contributed by atoms with Crippen LogP contribution in [0.4, 0.5) is 0 Å². The number of fused-ring (bicyclic) bond motifs is 1. The summed E-state index contributed by atoms with van der Waals surface area (Å²) in [6.45, 7) is 0.496. The van der Waals surface area contributed by atoms with Gasteiger partial charge < -0.3 is 9.72 Å². The number of imidazole rings is 1. The lowest BCUT2D eigenvalue weighted by Gasteiger charge is -2.07. The third-order valence-electron chi connectivity index (χ3n) is 3.32. The molecule has 112 valence electrons. The molecule has 2 aromatic heterocycles. The topological polar surface area (TPSA) is 46.4 Å². The molecule has 2 heterocycles. The number of hydrogen-bond acceptors (Lipinski definition) is 2. The first-order valence-corrected chi connectivity index (χ1v) is 7.96. The van der Waals surface area contributed by atoms with Crippen LogP contribution in [0.15, 0.2) is 53.3 Å². The van der Waals surface area contributed by atoms with Gasteiger partial charge >= 0.3 is 0 Å². The van der Waals surface area contributed by atoms with Crippen molar-refractivity contribution in [3.8, 4) is 0 Å². The van der Waals surface area contributed by atoms with E-state index in [1.54, 1.807) is 18.2 Å². The summed E-state index contributed by atoms with van der Waals surface area (Å²) in [6.07, 6.45) is 4.43. The van der Waals surface area contributed by atoms with Gasteiger partial charge in [0.25, 0.3) is 5.91 Å². The van der Waals surface area contributed by atoms with Gasteiger partial charge in [-0.25, -0.2) is 4.98 Å². The molecule has 1 amide bonds. The molecule has 0 saturated carbocycles. The maximum absolute atomic E-state index is 12.2. The van der Waals surface area contributed by atoms with Gasteiger partial charge in [0.2, 0.25) is 0 Å². The fourth-order valence-corrected chi connectivity index (χ4v) is 2.80. The number of pyridine rings is 1. The number of aromatic nitrogens is 2. The highest BCUT2D eigenvalue weighted by Gasteiger charge is 2.11. The van der Waals surface area contributed by atoms with E-state index < -0.39 is 0 Å². The highest BCUT2D eigenvalue weighted by Crippen LogP contribution is 2.20. The Morgan fingerprint density at radius 1 is 1.32 bits per heavy atom. The number of nitrogens with one attached hydrogen (secondary N) is 1. The van der Waals surface area contributed by atoms with E-state index in [0.29, 0.717) is 23.6 Å².